The number of aliphatic imine (C=N–C) groups is 1. The van der Waals surface area contributed by atoms with Gasteiger partial charge in [-0.1, -0.05) is 71.7 Å². The fourth-order valence-corrected chi connectivity index (χ4v) is 6.26. The van der Waals surface area contributed by atoms with Crippen LogP contribution >= 0.6 is 23.2 Å². The van der Waals surface area contributed by atoms with Gasteiger partial charge in [0.25, 0.3) is 11.8 Å². The van der Waals surface area contributed by atoms with Crippen molar-refractivity contribution in [3.05, 3.63) is 177 Å². The summed E-state index contributed by atoms with van der Waals surface area (Å²) in [5.41, 5.74) is 5.24. The standard InChI is InChI=1S/C23H21ClFN5O.C22H21ClFN5O/c1-30-11-10-26-22(30)16-4-2-15(3-5-16)13-27-20-8-7-18(25)12-19(20)23(31)29-21-9-6-17(24)14-28-21;1-29(2)21(25)15-5-3-14(4-6-15)12-26-19-9-8-17(24)11-18(19)22(30)28-20-10-7-16(23)13-27-20/h2-9,12,14,27H,10-11,13H2,1H3,(H,28,29,31);3-11,13,25-26H,12H2,1-2H3,(H,27,28,30). The SMILES string of the molecule is CN(C)C(=N)c1ccc(CNc2ccc(F)cc2C(=O)Nc2ccc(Cl)cn2)cc1.CN1CCN=C1c1ccc(CNc2ccc(F)cc2C(=O)Nc2ccc(Cl)cn2)cc1. The van der Waals surface area contributed by atoms with Crippen LogP contribution in [0.2, 0.25) is 10.0 Å². The quantitative estimate of drug-likeness (QED) is 0.0605. The topological polar surface area (TPSA) is 151 Å². The van der Waals surface area contributed by atoms with E-state index in [1.165, 1.54) is 42.7 Å². The van der Waals surface area contributed by atoms with Crippen molar-refractivity contribution in [1.29, 1.82) is 5.41 Å². The molecule has 312 valence electrons. The fraction of sp³-hybridized carbons (Fsp3) is 0.156. The Hall–Kier alpha value is -6.90. The van der Waals surface area contributed by atoms with Crippen molar-refractivity contribution >= 4 is 69.7 Å². The zero-order valence-electron chi connectivity index (χ0n) is 33.4. The summed E-state index contributed by atoms with van der Waals surface area (Å²) >= 11 is 11.6. The van der Waals surface area contributed by atoms with Gasteiger partial charge in [0.1, 0.15) is 34.9 Å². The first-order valence-corrected chi connectivity index (χ1v) is 19.7. The molecule has 1 aliphatic heterocycles. The third-order valence-corrected chi connectivity index (χ3v) is 9.75. The number of hydrogen-bond acceptors (Lipinski definition) is 9. The summed E-state index contributed by atoms with van der Waals surface area (Å²) in [6.07, 6.45) is 2.85. The van der Waals surface area contributed by atoms with E-state index in [1.807, 2.05) is 69.7 Å². The fourth-order valence-electron chi connectivity index (χ4n) is 6.03. The zero-order valence-corrected chi connectivity index (χ0v) is 35.0. The number of nitrogens with one attached hydrogen (secondary N) is 5. The molecule has 5 N–H and O–H groups in total. The highest BCUT2D eigenvalue weighted by atomic mass is 35.5. The van der Waals surface area contributed by atoms with Crippen molar-refractivity contribution in [2.24, 2.45) is 4.99 Å². The number of likely N-dealkylation sites (N-methyl/N-ethyl adjacent to an activating group) is 1. The van der Waals surface area contributed by atoms with Gasteiger partial charge in [0, 0.05) is 75.7 Å². The molecule has 3 heterocycles. The van der Waals surface area contributed by atoms with Crippen LogP contribution in [0.1, 0.15) is 43.0 Å². The molecule has 7 rings (SSSR count). The number of carbonyl (C=O) groups is 2. The smallest absolute Gasteiger partial charge is 0.259 e. The Morgan fingerprint density at radius 2 is 1.18 bits per heavy atom. The number of amides is 2. The molecule has 1 aliphatic rings. The first kappa shape index (κ1) is 43.7. The molecule has 0 bridgehead atoms. The van der Waals surface area contributed by atoms with Gasteiger partial charge in [-0.3, -0.25) is 20.0 Å². The molecule has 12 nitrogen and oxygen atoms in total. The summed E-state index contributed by atoms with van der Waals surface area (Å²) in [7, 11) is 5.67. The van der Waals surface area contributed by atoms with Crippen LogP contribution in [0.15, 0.2) is 127 Å². The predicted octanol–water partition coefficient (Wildman–Crippen LogP) is 9.06. The maximum absolute atomic E-state index is 13.8. The lowest BCUT2D eigenvalue weighted by atomic mass is 10.1. The van der Waals surface area contributed by atoms with Gasteiger partial charge in [0.15, 0.2) is 0 Å². The molecule has 4 aromatic carbocycles. The van der Waals surface area contributed by atoms with E-state index in [9.17, 15) is 18.4 Å². The Labute approximate surface area is 362 Å². The molecule has 0 unspecified atom stereocenters. The van der Waals surface area contributed by atoms with E-state index < -0.39 is 23.4 Å². The van der Waals surface area contributed by atoms with Gasteiger partial charge in [0.05, 0.1) is 27.7 Å². The number of anilines is 4. The molecule has 0 saturated heterocycles. The van der Waals surface area contributed by atoms with E-state index >= 15 is 0 Å². The molecule has 0 saturated carbocycles. The molecule has 61 heavy (non-hydrogen) atoms. The van der Waals surface area contributed by atoms with Gasteiger partial charge in [-0.25, -0.2) is 18.7 Å². The normalized spacial score (nSPS) is 11.8. The molecule has 2 amide bonds. The first-order chi connectivity index (χ1) is 29.3. The zero-order chi connectivity index (χ0) is 43.5. The molecule has 6 aromatic rings. The van der Waals surface area contributed by atoms with Gasteiger partial charge >= 0.3 is 0 Å². The second-order valence-corrected chi connectivity index (χ2v) is 14.9. The summed E-state index contributed by atoms with van der Waals surface area (Å²) in [6, 6.07) is 30.1. The molecular formula is C45H42Cl2F2N10O2. The van der Waals surface area contributed by atoms with Crippen LogP contribution in [0.3, 0.4) is 0 Å². The summed E-state index contributed by atoms with van der Waals surface area (Å²) in [5.74, 6) is 0.108. The Kier molecular flexibility index (Phi) is 14.6. The highest BCUT2D eigenvalue weighted by Crippen LogP contribution is 2.23. The minimum absolute atomic E-state index is 0.165. The van der Waals surface area contributed by atoms with Crippen LogP contribution in [-0.2, 0) is 13.1 Å². The number of hydrogen-bond donors (Lipinski definition) is 5. The predicted molar refractivity (Wildman–Crippen MR) is 239 cm³/mol. The summed E-state index contributed by atoms with van der Waals surface area (Å²) < 4.78 is 27.6. The lowest BCUT2D eigenvalue weighted by Gasteiger charge is -2.15. The lowest BCUT2D eigenvalue weighted by molar-refractivity contribution is 0.101. The number of halogens is 4. The van der Waals surface area contributed by atoms with E-state index in [1.54, 1.807) is 35.2 Å². The monoisotopic (exact) mass is 862 g/mol. The molecule has 0 atom stereocenters. The second-order valence-electron chi connectivity index (χ2n) is 14.0. The van der Waals surface area contributed by atoms with Crippen molar-refractivity contribution < 1.29 is 18.4 Å². The third-order valence-electron chi connectivity index (χ3n) is 9.30. The van der Waals surface area contributed by atoms with Crippen LogP contribution in [0.4, 0.5) is 31.8 Å². The van der Waals surface area contributed by atoms with Crippen molar-refractivity contribution in [2.75, 3.05) is 55.5 Å². The van der Waals surface area contributed by atoms with Crippen LogP contribution in [0.25, 0.3) is 0 Å². The third kappa shape index (κ3) is 12.1. The van der Waals surface area contributed by atoms with Crippen LogP contribution in [-0.4, -0.2) is 77.5 Å². The summed E-state index contributed by atoms with van der Waals surface area (Å²) in [4.78, 5) is 41.8. The van der Waals surface area contributed by atoms with Gasteiger partial charge in [-0.2, -0.15) is 0 Å². The van der Waals surface area contributed by atoms with Gasteiger partial charge in [-0.15, -0.1) is 0 Å². The average Bonchev–Trinajstić information content (AvgIpc) is 3.70. The molecule has 0 spiro atoms. The Morgan fingerprint density at radius 1 is 0.705 bits per heavy atom. The van der Waals surface area contributed by atoms with Gasteiger partial charge < -0.3 is 31.1 Å². The van der Waals surface area contributed by atoms with Crippen LogP contribution in [0, 0.1) is 17.0 Å². The number of nitrogens with zero attached hydrogens (tertiary/aromatic N) is 5. The highest BCUT2D eigenvalue weighted by Gasteiger charge is 2.17. The highest BCUT2D eigenvalue weighted by molar-refractivity contribution is 6.30. The number of aromatic nitrogens is 2. The maximum Gasteiger partial charge on any atom is 0.259 e. The minimum atomic E-state index is -0.513. The molecule has 0 fully saturated rings. The number of pyridine rings is 2. The summed E-state index contributed by atoms with van der Waals surface area (Å²) in [6.45, 7) is 2.66. The average molecular weight is 864 g/mol. The molecule has 0 radical (unpaired) electrons. The second kappa shape index (κ2) is 20.4. The Bertz CT molecular complexity index is 2520. The Balaban J connectivity index is 0.000000204. The van der Waals surface area contributed by atoms with E-state index in [4.69, 9.17) is 28.6 Å². The maximum atomic E-state index is 13.8. The van der Waals surface area contributed by atoms with Crippen molar-refractivity contribution in [3.8, 4) is 0 Å². The first-order valence-electron chi connectivity index (χ1n) is 19.0. The molecular weight excluding hydrogens is 821 g/mol. The largest absolute Gasteiger partial charge is 0.380 e. The Morgan fingerprint density at radius 3 is 1.59 bits per heavy atom. The molecule has 16 heteroatoms. The van der Waals surface area contributed by atoms with E-state index in [-0.39, 0.29) is 11.1 Å². The number of rotatable bonds is 12. The van der Waals surface area contributed by atoms with Gasteiger partial charge in [-0.05, 0) is 71.8 Å². The number of carbonyl (C=O) groups excluding carboxylic acids is 2. The van der Waals surface area contributed by atoms with Crippen molar-refractivity contribution in [1.82, 2.24) is 19.8 Å². The van der Waals surface area contributed by atoms with E-state index in [0.29, 0.717) is 52.0 Å². The lowest BCUT2D eigenvalue weighted by Crippen LogP contribution is -2.23. The molecule has 0 aliphatic carbocycles. The van der Waals surface area contributed by atoms with Gasteiger partial charge in [0.2, 0.25) is 0 Å². The summed E-state index contributed by atoms with van der Waals surface area (Å²) in [5, 5.41) is 20.6. The van der Waals surface area contributed by atoms with Crippen molar-refractivity contribution in [2.45, 2.75) is 13.1 Å². The van der Waals surface area contributed by atoms with Crippen LogP contribution < -0.4 is 21.3 Å². The molecule has 2 aromatic heterocycles. The number of benzene rings is 4. The van der Waals surface area contributed by atoms with Crippen molar-refractivity contribution in [3.63, 3.8) is 0 Å². The number of amidine groups is 2. The van der Waals surface area contributed by atoms with E-state index in [2.05, 4.69) is 41.1 Å². The van der Waals surface area contributed by atoms with Crippen LogP contribution in [0.5, 0.6) is 0 Å². The minimum Gasteiger partial charge on any atom is -0.380 e. The van der Waals surface area contributed by atoms with E-state index in [0.717, 1.165) is 41.2 Å².